The zero-order chi connectivity index (χ0) is 13.6. The number of ether oxygens (including phenoxy) is 1. The van der Waals surface area contributed by atoms with Crippen LogP contribution < -0.4 is 11.4 Å². The molecule has 1 aliphatic carbocycles. The number of aliphatic hydroxyl groups is 2. The molecule has 2 fully saturated rings. The average molecular weight is 267 g/mol. The summed E-state index contributed by atoms with van der Waals surface area (Å²) in [6.07, 6.45) is 2.24. The Kier molecular flexibility index (Phi) is 2.84. The van der Waals surface area contributed by atoms with Crippen LogP contribution in [0, 0.1) is 5.92 Å². The normalized spacial score (nSPS) is 34.6. The van der Waals surface area contributed by atoms with Gasteiger partial charge in [0.15, 0.2) is 0 Å². The number of nitrogen functional groups attached to an aromatic ring is 1. The molecule has 1 aromatic rings. The van der Waals surface area contributed by atoms with Gasteiger partial charge in [-0.2, -0.15) is 4.98 Å². The highest BCUT2D eigenvalue weighted by Crippen LogP contribution is 2.50. The largest absolute Gasteiger partial charge is 0.393 e. The van der Waals surface area contributed by atoms with Gasteiger partial charge in [0, 0.05) is 12.6 Å². The Morgan fingerprint density at radius 2 is 2.32 bits per heavy atom. The number of hydrogen-bond donors (Lipinski definition) is 3. The van der Waals surface area contributed by atoms with Crippen molar-refractivity contribution in [1.82, 2.24) is 9.55 Å². The summed E-state index contributed by atoms with van der Waals surface area (Å²) in [5, 5.41) is 19.7. The highest BCUT2D eigenvalue weighted by atomic mass is 16.6. The average Bonchev–Trinajstić information content (AvgIpc) is 3.15. The molecule has 7 nitrogen and oxygen atoms in total. The van der Waals surface area contributed by atoms with Gasteiger partial charge in [-0.1, -0.05) is 0 Å². The second-order valence-corrected chi connectivity index (χ2v) is 5.25. The van der Waals surface area contributed by atoms with E-state index in [0.717, 1.165) is 12.8 Å². The molecular weight excluding hydrogens is 250 g/mol. The lowest BCUT2D eigenvalue weighted by molar-refractivity contribution is -0.141. The van der Waals surface area contributed by atoms with E-state index in [9.17, 15) is 15.0 Å². The van der Waals surface area contributed by atoms with E-state index in [-0.39, 0.29) is 24.8 Å². The lowest BCUT2D eigenvalue weighted by atomic mass is 9.92. The van der Waals surface area contributed by atoms with Crippen LogP contribution in [0.1, 0.15) is 25.5 Å². The van der Waals surface area contributed by atoms with Crippen molar-refractivity contribution in [2.24, 2.45) is 5.92 Å². The third-order valence-electron chi connectivity index (χ3n) is 4.02. The molecule has 1 saturated heterocycles. The van der Waals surface area contributed by atoms with Crippen molar-refractivity contribution in [1.29, 1.82) is 0 Å². The summed E-state index contributed by atoms with van der Waals surface area (Å²) in [6, 6.07) is 1.51. The number of nitrogens with zero attached hydrogens (tertiary/aromatic N) is 2. The fourth-order valence-corrected chi connectivity index (χ4v) is 2.80. The smallest absolute Gasteiger partial charge is 0.351 e. The monoisotopic (exact) mass is 267 g/mol. The molecule has 4 N–H and O–H groups in total. The molecule has 0 aromatic carbocycles. The van der Waals surface area contributed by atoms with Crippen molar-refractivity contribution >= 4 is 5.82 Å². The molecule has 1 aliphatic heterocycles. The van der Waals surface area contributed by atoms with Crippen molar-refractivity contribution in [2.75, 3.05) is 12.3 Å². The van der Waals surface area contributed by atoms with Gasteiger partial charge in [0.1, 0.15) is 17.6 Å². The van der Waals surface area contributed by atoms with E-state index in [4.69, 9.17) is 10.5 Å². The van der Waals surface area contributed by atoms with Crippen LogP contribution in [0.4, 0.5) is 5.82 Å². The summed E-state index contributed by atoms with van der Waals surface area (Å²) >= 11 is 0. The fourth-order valence-electron chi connectivity index (χ4n) is 2.80. The van der Waals surface area contributed by atoms with Crippen molar-refractivity contribution < 1.29 is 14.9 Å². The number of anilines is 1. The van der Waals surface area contributed by atoms with Crippen LogP contribution in [0.15, 0.2) is 17.1 Å². The van der Waals surface area contributed by atoms with Gasteiger partial charge in [-0.3, -0.25) is 4.57 Å². The van der Waals surface area contributed by atoms with Gasteiger partial charge in [0.25, 0.3) is 0 Å². The minimum absolute atomic E-state index is 0.149. The van der Waals surface area contributed by atoms with E-state index < -0.39 is 23.6 Å². The molecule has 104 valence electrons. The van der Waals surface area contributed by atoms with Gasteiger partial charge in [-0.05, 0) is 24.8 Å². The van der Waals surface area contributed by atoms with Gasteiger partial charge in [-0.15, -0.1) is 0 Å². The quantitative estimate of drug-likeness (QED) is 0.664. The minimum atomic E-state index is -0.939. The Morgan fingerprint density at radius 1 is 1.58 bits per heavy atom. The predicted molar refractivity (Wildman–Crippen MR) is 66.2 cm³/mol. The van der Waals surface area contributed by atoms with Crippen molar-refractivity contribution in [3.8, 4) is 0 Å². The summed E-state index contributed by atoms with van der Waals surface area (Å²) in [5.41, 5.74) is 3.99. The number of aromatic nitrogens is 2. The second-order valence-electron chi connectivity index (χ2n) is 5.25. The molecule has 0 radical (unpaired) electrons. The highest BCUT2D eigenvalue weighted by molar-refractivity contribution is 5.23. The maximum atomic E-state index is 11.8. The fraction of sp³-hybridized carbons (Fsp3) is 0.667. The van der Waals surface area contributed by atoms with Crippen LogP contribution in [-0.4, -0.2) is 38.1 Å². The molecule has 1 aromatic heterocycles. The van der Waals surface area contributed by atoms with E-state index in [1.54, 1.807) is 0 Å². The molecule has 0 unspecified atom stereocenters. The third-order valence-corrected chi connectivity index (χ3v) is 4.02. The van der Waals surface area contributed by atoms with Gasteiger partial charge in [-0.25, -0.2) is 4.79 Å². The maximum absolute atomic E-state index is 11.8. The SMILES string of the molecule is Nc1ccn([C@@H]2C[C@H](O)[C@](CO)(C3CC3)O2)c(=O)n1. The Bertz CT molecular complexity index is 542. The first kappa shape index (κ1) is 12.6. The van der Waals surface area contributed by atoms with E-state index >= 15 is 0 Å². The van der Waals surface area contributed by atoms with Crippen LogP contribution in [-0.2, 0) is 4.74 Å². The van der Waals surface area contributed by atoms with Crippen molar-refractivity contribution in [3.63, 3.8) is 0 Å². The van der Waals surface area contributed by atoms with Gasteiger partial charge < -0.3 is 20.7 Å². The molecule has 0 bridgehead atoms. The first-order valence-electron chi connectivity index (χ1n) is 6.38. The van der Waals surface area contributed by atoms with Crippen LogP contribution in [0.2, 0.25) is 0 Å². The maximum Gasteiger partial charge on any atom is 0.351 e. The van der Waals surface area contributed by atoms with Crippen molar-refractivity contribution in [2.45, 2.75) is 37.2 Å². The van der Waals surface area contributed by atoms with Gasteiger partial charge in [0.05, 0.1) is 12.7 Å². The van der Waals surface area contributed by atoms with E-state index in [1.165, 1.54) is 16.8 Å². The third kappa shape index (κ3) is 1.94. The molecule has 3 rings (SSSR count). The second kappa shape index (κ2) is 4.29. The lowest BCUT2D eigenvalue weighted by Gasteiger charge is -2.30. The number of nitrogens with two attached hydrogens (primary N) is 1. The Morgan fingerprint density at radius 3 is 2.89 bits per heavy atom. The highest BCUT2D eigenvalue weighted by Gasteiger charge is 2.57. The Labute approximate surface area is 109 Å². The van der Waals surface area contributed by atoms with Crippen LogP contribution in [0.3, 0.4) is 0 Å². The van der Waals surface area contributed by atoms with E-state index in [2.05, 4.69) is 4.98 Å². The molecule has 7 heteroatoms. The van der Waals surface area contributed by atoms with Crippen LogP contribution >= 0.6 is 0 Å². The number of hydrogen-bond acceptors (Lipinski definition) is 6. The van der Waals surface area contributed by atoms with Crippen LogP contribution in [0.25, 0.3) is 0 Å². The predicted octanol–water partition coefficient (Wildman–Crippen LogP) is -0.754. The molecule has 1 saturated carbocycles. The zero-order valence-corrected chi connectivity index (χ0v) is 10.4. The molecule has 2 heterocycles. The Hall–Kier alpha value is -1.44. The first-order chi connectivity index (χ1) is 9.06. The zero-order valence-electron chi connectivity index (χ0n) is 10.4. The van der Waals surface area contributed by atoms with Crippen molar-refractivity contribution in [3.05, 3.63) is 22.7 Å². The molecule has 0 amide bonds. The Balaban J connectivity index is 1.90. The van der Waals surface area contributed by atoms with Crippen LogP contribution in [0.5, 0.6) is 0 Å². The molecule has 3 atom stereocenters. The summed E-state index contributed by atoms with van der Waals surface area (Å²) in [7, 11) is 0. The van der Waals surface area contributed by atoms with Gasteiger partial charge in [0.2, 0.25) is 0 Å². The number of aliphatic hydroxyl groups excluding tert-OH is 2. The molecule has 2 aliphatic rings. The lowest BCUT2D eigenvalue weighted by Crippen LogP contribution is -2.45. The molecule has 19 heavy (non-hydrogen) atoms. The number of rotatable bonds is 3. The molecule has 0 spiro atoms. The topological polar surface area (TPSA) is 111 Å². The minimum Gasteiger partial charge on any atom is -0.393 e. The summed E-state index contributed by atoms with van der Waals surface area (Å²) in [6.45, 7) is -0.244. The van der Waals surface area contributed by atoms with E-state index in [0.29, 0.717) is 0 Å². The summed E-state index contributed by atoms with van der Waals surface area (Å²) in [4.78, 5) is 15.4. The molecular formula is C12H17N3O4. The first-order valence-corrected chi connectivity index (χ1v) is 6.38. The standard InChI is InChI=1S/C12H17N3O4/c13-9-3-4-15(11(18)14-9)10-5-8(17)12(6-16,19-10)7-1-2-7/h3-4,7-8,10,16-17H,1-2,5-6H2,(H2,13,14,18)/t8-,10-,12-/m0/s1. The van der Waals surface area contributed by atoms with Gasteiger partial charge >= 0.3 is 5.69 Å². The summed E-state index contributed by atoms with van der Waals surface area (Å²) < 4.78 is 7.13. The van der Waals surface area contributed by atoms with E-state index in [1.807, 2.05) is 0 Å². The summed E-state index contributed by atoms with van der Waals surface area (Å²) in [5.74, 6) is 0.311.